The quantitative estimate of drug-likeness (QED) is 0.873. The van der Waals surface area contributed by atoms with Gasteiger partial charge in [0.25, 0.3) is 5.91 Å². The van der Waals surface area contributed by atoms with E-state index in [2.05, 4.69) is 20.5 Å². The molecule has 6 heteroatoms. The second kappa shape index (κ2) is 4.95. The third-order valence-electron chi connectivity index (χ3n) is 2.49. The number of anilines is 1. The number of H-pyrrole nitrogens is 1. The van der Waals surface area contributed by atoms with Crippen molar-refractivity contribution in [2.75, 3.05) is 5.32 Å². The van der Waals surface area contributed by atoms with Gasteiger partial charge in [0.15, 0.2) is 0 Å². The van der Waals surface area contributed by atoms with Gasteiger partial charge in [0, 0.05) is 12.1 Å². The van der Waals surface area contributed by atoms with Crippen molar-refractivity contribution in [2.24, 2.45) is 0 Å². The van der Waals surface area contributed by atoms with Crippen LogP contribution < -0.4 is 5.32 Å². The van der Waals surface area contributed by atoms with Crippen LogP contribution in [0.2, 0.25) is 0 Å². The maximum absolute atomic E-state index is 13.1. The number of aromatic nitrogens is 3. The lowest BCUT2D eigenvalue weighted by molar-refractivity contribution is 0.101. The lowest BCUT2D eigenvalue weighted by Crippen LogP contribution is -2.14. The summed E-state index contributed by atoms with van der Waals surface area (Å²) in [5.41, 5.74) is 0.985. The zero-order valence-corrected chi connectivity index (χ0v) is 10.1. The van der Waals surface area contributed by atoms with Crippen LogP contribution in [-0.2, 0) is 6.42 Å². The zero-order chi connectivity index (χ0) is 13.1. The number of hydrogen-bond donors (Lipinski definition) is 2. The highest BCUT2D eigenvalue weighted by atomic mass is 19.1. The standard InChI is InChI=1S/C12H13FN4O/c1-3-10-15-11(17-16-10)12(18)14-8-4-5-9(13)7(2)6-8/h4-6H,3H2,1-2H3,(H,14,18)(H,15,16,17). The molecule has 5 nitrogen and oxygen atoms in total. The molecule has 0 bridgehead atoms. The normalized spacial score (nSPS) is 10.4. The van der Waals surface area contributed by atoms with Crippen LogP contribution >= 0.6 is 0 Å². The lowest BCUT2D eigenvalue weighted by Gasteiger charge is -2.04. The van der Waals surface area contributed by atoms with Gasteiger partial charge in [0.2, 0.25) is 5.82 Å². The molecule has 0 aliphatic rings. The van der Waals surface area contributed by atoms with Crippen LogP contribution in [0.15, 0.2) is 18.2 Å². The molecule has 0 spiro atoms. The Balaban J connectivity index is 2.13. The lowest BCUT2D eigenvalue weighted by atomic mass is 10.2. The molecule has 0 saturated carbocycles. The van der Waals surface area contributed by atoms with Crippen LogP contribution in [0.25, 0.3) is 0 Å². The Hall–Kier alpha value is -2.24. The number of rotatable bonds is 3. The molecule has 0 aliphatic carbocycles. The number of aryl methyl sites for hydroxylation is 2. The topological polar surface area (TPSA) is 70.7 Å². The van der Waals surface area contributed by atoms with E-state index in [4.69, 9.17) is 0 Å². The highest BCUT2D eigenvalue weighted by molar-refractivity contribution is 6.01. The molecule has 2 rings (SSSR count). The minimum absolute atomic E-state index is 0.0776. The van der Waals surface area contributed by atoms with Crippen molar-refractivity contribution in [3.63, 3.8) is 0 Å². The number of nitrogens with one attached hydrogen (secondary N) is 2. The first-order valence-corrected chi connectivity index (χ1v) is 5.59. The summed E-state index contributed by atoms with van der Waals surface area (Å²) in [7, 11) is 0. The Bertz CT molecular complexity index is 579. The molecule has 0 atom stereocenters. The van der Waals surface area contributed by atoms with Crippen LogP contribution in [-0.4, -0.2) is 21.1 Å². The van der Waals surface area contributed by atoms with Crippen molar-refractivity contribution >= 4 is 11.6 Å². The van der Waals surface area contributed by atoms with E-state index in [1.807, 2.05) is 6.92 Å². The Kier molecular flexibility index (Phi) is 3.36. The SMILES string of the molecule is CCc1nc(C(=O)Nc2ccc(F)c(C)c2)n[nH]1. The smallest absolute Gasteiger partial charge is 0.295 e. The number of aromatic amines is 1. The highest BCUT2D eigenvalue weighted by Crippen LogP contribution is 2.14. The van der Waals surface area contributed by atoms with E-state index in [-0.39, 0.29) is 11.6 Å². The van der Waals surface area contributed by atoms with Crippen molar-refractivity contribution in [2.45, 2.75) is 20.3 Å². The maximum Gasteiger partial charge on any atom is 0.295 e. The van der Waals surface area contributed by atoms with Crippen molar-refractivity contribution < 1.29 is 9.18 Å². The minimum Gasteiger partial charge on any atom is -0.319 e. The largest absolute Gasteiger partial charge is 0.319 e. The molecule has 0 radical (unpaired) electrons. The van der Waals surface area contributed by atoms with Gasteiger partial charge in [-0.25, -0.2) is 9.37 Å². The molecule has 1 aromatic heterocycles. The van der Waals surface area contributed by atoms with Crippen molar-refractivity contribution in [3.05, 3.63) is 41.2 Å². The van der Waals surface area contributed by atoms with Crippen LogP contribution in [0.1, 0.15) is 28.9 Å². The number of halogens is 1. The third kappa shape index (κ3) is 2.53. The first-order valence-electron chi connectivity index (χ1n) is 5.59. The Morgan fingerprint density at radius 3 is 2.89 bits per heavy atom. The molecule has 2 aromatic rings. The van der Waals surface area contributed by atoms with Gasteiger partial charge < -0.3 is 5.32 Å². The molecule has 94 valence electrons. The number of carbonyl (C=O) groups is 1. The van der Waals surface area contributed by atoms with Gasteiger partial charge in [-0.1, -0.05) is 6.92 Å². The van der Waals surface area contributed by atoms with Crippen LogP contribution in [0.4, 0.5) is 10.1 Å². The first-order chi connectivity index (χ1) is 8.60. The molecule has 0 unspecified atom stereocenters. The summed E-state index contributed by atoms with van der Waals surface area (Å²) in [6.45, 7) is 3.54. The van der Waals surface area contributed by atoms with E-state index in [0.29, 0.717) is 23.5 Å². The fraction of sp³-hybridized carbons (Fsp3) is 0.250. The van der Waals surface area contributed by atoms with Gasteiger partial charge in [0.05, 0.1) is 0 Å². The van der Waals surface area contributed by atoms with Crippen molar-refractivity contribution in [1.29, 1.82) is 0 Å². The summed E-state index contributed by atoms with van der Waals surface area (Å²) in [5, 5.41) is 9.07. The molecule has 2 N–H and O–H groups in total. The van der Waals surface area contributed by atoms with Gasteiger partial charge >= 0.3 is 0 Å². The summed E-state index contributed by atoms with van der Waals surface area (Å²) in [4.78, 5) is 15.8. The van der Waals surface area contributed by atoms with E-state index in [0.717, 1.165) is 0 Å². The Labute approximate surface area is 103 Å². The molecule has 18 heavy (non-hydrogen) atoms. The number of benzene rings is 1. The molecule has 0 aliphatic heterocycles. The molecular weight excluding hydrogens is 235 g/mol. The van der Waals surface area contributed by atoms with Crippen LogP contribution in [0.3, 0.4) is 0 Å². The molecular formula is C12H13FN4O. The predicted molar refractivity (Wildman–Crippen MR) is 64.9 cm³/mol. The average molecular weight is 248 g/mol. The predicted octanol–water partition coefficient (Wildman–Crippen LogP) is 2.07. The zero-order valence-electron chi connectivity index (χ0n) is 10.1. The van der Waals surface area contributed by atoms with E-state index < -0.39 is 5.91 Å². The monoisotopic (exact) mass is 248 g/mol. The molecule has 1 aromatic carbocycles. The second-order valence-electron chi connectivity index (χ2n) is 3.88. The van der Waals surface area contributed by atoms with E-state index >= 15 is 0 Å². The van der Waals surface area contributed by atoms with Gasteiger partial charge in [-0.2, -0.15) is 0 Å². The summed E-state index contributed by atoms with van der Waals surface area (Å²) >= 11 is 0. The van der Waals surface area contributed by atoms with E-state index in [9.17, 15) is 9.18 Å². The Morgan fingerprint density at radius 1 is 1.50 bits per heavy atom. The van der Waals surface area contributed by atoms with Gasteiger partial charge in [-0.05, 0) is 30.7 Å². The maximum atomic E-state index is 13.1. The van der Waals surface area contributed by atoms with Crippen molar-refractivity contribution in [1.82, 2.24) is 15.2 Å². The second-order valence-corrected chi connectivity index (χ2v) is 3.88. The van der Waals surface area contributed by atoms with Gasteiger partial charge in [-0.3, -0.25) is 9.89 Å². The van der Waals surface area contributed by atoms with E-state index in [1.54, 1.807) is 13.0 Å². The fourth-order valence-electron chi connectivity index (χ4n) is 1.46. The van der Waals surface area contributed by atoms with Gasteiger partial charge in [-0.15, -0.1) is 5.10 Å². The number of carbonyl (C=O) groups excluding carboxylic acids is 1. The Morgan fingerprint density at radius 2 is 2.28 bits per heavy atom. The number of nitrogens with zero attached hydrogens (tertiary/aromatic N) is 2. The fourth-order valence-corrected chi connectivity index (χ4v) is 1.46. The van der Waals surface area contributed by atoms with Gasteiger partial charge in [0.1, 0.15) is 11.6 Å². The molecule has 1 amide bonds. The molecule has 1 heterocycles. The summed E-state index contributed by atoms with van der Waals surface area (Å²) in [5.74, 6) is 0.000357. The minimum atomic E-state index is -0.419. The van der Waals surface area contributed by atoms with Crippen LogP contribution in [0, 0.1) is 12.7 Å². The van der Waals surface area contributed by atoms with Crippen molar-refractivity contribution in [3.8, 4) is 0 Å². The highest BCUT2D eigenvalue weighted by Gasteiger charge is 2.12. The molecule has 0 fully saturated rings. The number of hydrogen-bond acceptors (Lipinski definition) is 3. The average Bonchev–Trinajstić information content (AvgIpc) is 2.82. The summed E-state index contributed by atoms with van der Waals surface area (Å²) < 4.78 is 13.1. The molecule has 0 saturated heterocycles. The van der Waals surface area contributed by atoms with Crippen LogP contribution in [0.5, 0.6) is 0 Å². The number of amides is 1. The van der Waals surface area contributed by atoms with E-state index in [1.165, 1.54) is 12.1 Å². The first kappa shape index (κ1) is 12.2. The summed E-state index contributed by atoms with van der Waals surface area (Å²) in [6, 6.07) is 4.36. The summed E-state index contributed by atoms with van der Waals surface area (Å²) in [6.07, 6.45) is 0.677. The third-order valence-corrected chi connectivity index (χ3v) is 2.49.